The summed E-state index contributed by atoms with van der Waals surface area (Å²) >= 11 is 0. The van der Waals surface area contributed by atoms with Gasteiger partial charge in [-0.3, -0.25) is 4.99 Å². The molecule has 0 unspecified atom stereocenters. The zero-order valence-electron chi connectivity index (χ0n) is 6.10. The predicted molar refractivity (Wildman–Crippen MR) is 40.1 cm³/mol. The van der Waals surface area contributed by atoms with Crippen molar-refractivity contribution in [3.63, 3.8) is 0 Å². The maximum Gasteiger partial charge on any atom is 0.0539 e. The topological polar surface area (TPSA) is 36.4 Å². The molecule has 0 bridgehead atoms. The van der Waals surface area contributed by atoms with E-state index in [1.165, 1.54) is 0 Å². The maximum atomic E-state index is 4.00. The number of hydrogen-bond acceptors (Lipinski definition) is 3. The SMILES string of the molecule is CC=N/C(C)=C/NNC. The lowest BCUT2D eigenvalue weighted by Crippen LogP contribution is -2.21. The maximum absolute atomic E-state index is 4.00. The van der Waals surface area contributed by atoms with Crippen molar-refractivity contribution in [2.45, 2.75) is 13.8 Å². The molecule has 0 aromatic rings. The molecule has 0 aromatic heterocycles. The van der Waals surface area contributed by atoms with E-state index in [-0.39, 0.29) is 0 Å². The summed E-state index contributed by atoms with van der Waals surface area (Å²) in [6.45, 7) is 3.81. The van der Waals surface area contributed by atoms with Gasteiger partial charge in [0.05, 0.1) is 5.70 Å². The summed E-state index contributed by atoms with van der Waals surface area (Å²) < 4.78 is 0. The molecule has 0 spiro atoms. The summed E-state index contributed by atoms with van der Waals surface area (Å²) in [6.07, 6.45) is 3.54. The zero-order chi connectivity index (χ0) is 7.11. The lowest BCUT2D eigenvalue weighted by molar-refractivity contribution is 0.724. The van der Waals surface area contributed by atoms with Crippen molar-refractivity contribution in [3.05, 3.63) is 11.9 Å². The first-order valence-electron chi connectivity index (χ1n) is 2.89. The van der Waals surface area contributed by atoms with Gasteiger partial charge in [0.1, 0.15) is 0 Å². The molecule has 9 heavy (non-hydrogen) atoms. The molecule has 0 radical (unpaired) electrons. The van der Waals surface area contributed by atoms with Gasteiger partial charge in [0.25, 0.3) is 0 Å². The molecule has 0 atom stereocenters. The Balaban J connectivity index is 3.55. The Bertz CT molecular complexity index is 115. The van der Waals surface area contributed by atoms with Crippen LogP contribution in [0.15, 0.2) is 16.9 Å². The first kappa shape index (κ1) is 8.17. The highest BCUT2D eigenvalue weighted by Crippen LogP contribution is 1.87. The largest absolute Gasteiger partial charge is 0.327 e. The van der Waals surface area contributed by atoms with Crippen molar-refractivity contribution in [1.29, 1.82) is 0 Å². The van der Waals surface area contributed by atoms with E-state index in [1.807, 2.05) is 13.8 Å². The first-order chi connectivity index (χ1) is 4.31. The van der Waals surface area contributed by atoms with Crippen LogP contribution in [0, 0.1) is 0 Å². The highest BCUT2D eigenvalue weighted by molar-refractivity contribution is 5.54. The zero-order valence-corrected chi connectivity index (χ0v) is 6.10. The fraction of sp³-hybridized carbons (Fsp3) is 0.500. The van der Waals surface area contributed by atoms with Crippen LogP contribution in [-0.4, -0.2) is 13.3 Å². The van der Waals surface area contributed by atoms with Crippen LogP contribution < -0.4 is 10.9 Å². The van der Waals surface area contributed by atoms with Gasteiger partial charge in [-0.2, -0.15) is 0 Å². The summed E-state index contributed by atoms with van der Waals surface area (Å²) in [5.41, 5.74) is 6.51. The Morgan fingerprint density at radius 1 is 1.56 bits per heavy atom. The van der Waals surface area contributed by atoms with Crippen molar-refractivity contribution < 1.29 is 0 Å². The van der Waals surface area contributed by atoms with E-state index >= 15 is 0 Å². The van der Waals surface area contributed by atoms with Crippen molar-refractivity contribution in [2.75, 3.05) is 7.05 Å². The molecule has 0 aliphatic heterocycles. The second kappa shape index (κ2) is 5.31. The van der Waals surface area contributed by atoms with Gasteiger partial charge in [0.2, 0.25) is 0 Å². The van der Waals surface area contributed by atoms with Gasteiger partial charge < -0.3 is 5.43 Å². The molecule has 0 aliphatic carbocycles. The smallest absolute Gasteiger partial charge is 0.0539 e. The van der Waals surface area contributed by atoms with Crippen molar-refractivity contribution in [1.82, 2.24) is 10.9 Å². The van der Waals surface area contributed by atoms with Crippen molar-refractivity contribution in [2.24, 2.45) is 4.99 Å². The van der Waals surface area contributed by atoms with Gasteiger partial charge >= 0.3 is 0 Å². The van der Waals surface area contributed by atoms with Crippen LogP contribution in [0.3, 0.4) is 0 Å². The quantitative estimate of drug-likeness (QED) is 0.431. The van der Waals surface area contributed by atoms with Crippen LogP contribution in [0.5, 0.6) is 0 Å². The average Bonchev–Trinajstić information content (AvgIpc) is 1.85. The summed E-state index contributed by atoms with van der Waals surface area (Å²) in [4.78, 5) is 4.00. The van der Waals surface area contributed by atoms with E-state index in [2.05, 4.69) is 15.8 Å². The van der Waals surface area contributed by atoms with Crippen LogP contribution in [0.2, 0.25) is 0 Å². The standard InChI is InChI=1S/C6H13N3/c1-4-8-6(2)5-9-7-3/h4-5,7,9H,1-3H3/b6-5+,8-4?. The molecule has 52 valence electrons. The minimum Gasteiger partial charge on any atom is -0.327 e. The summed E-state index contributed by atoms with van der Waals surface area (Å²) in [5.74, 6) is 0. The summed E-state index contributed by atoms with van der Waals surface area (Å²) in [6, 6.07) is 0. The Hall–Kier alpha value is -0.830. The molecule has 3 heteroatoms. The van der Waals surface area contributed by atoms with Gasteiger partial charge in [-0.05, 0) is 13.8 Å². The Morgan fingerprint density at radius 3 is 2.67 bits per heavy atom. The summed E-state index contributed by atoms with van der Waals surface area (Å²) in [7, 11) is 1.80. The Kier molecular flexibility index (Phi) is 4.82. The second-order valence-corrected chi connectivity index (χ2v) is 1.57. The summed E-state index contributed by atoms with van der Waals surface area (Å²) in [5, 5.41) is 0. The van der Waals surface area contributed by atoms with Gasteiger partial charge in [0.15, 0.2) is 0 Å². The van der Waals surface area contributed by atoms with E-state index < -0.39 is 0 Å². The number of hydrazine groups is 1. The molecular formula is C6H13N3. The normalized spacial score (nSPS) is 12.6. The van der Waals surface area contributed by atoms with Crippen molar-refractivity contribution >= 4 is 6.21 Å². The average molecular weight is 127 g/mol. The van der Waals surface area contributed by atoms with Crippen LogP contribution in [-0.2, 0) is 0 Å². The van der Waals surface area contributed by atoms with Gasteiger partial charge in [-0.25, -0.2) is 5.43 Å². The molecule has 0 saturated heterocycles. The minimum absolute atomic E-state index is 0.951. The number of rotatable bonds is 3. The number of allylic oxidation sites excluding steroid dienone is 1. The molecule has 0 amide bonds. The van der Waals surface area contributed by atoms with E-state index in [0.29, 0.717) is 0 Å². The number of nitrogens with one attached hydrogen (secondary N) is 2. The molecule has 0 saturated carbocycles. The number of nitrogens with zero attached hydrogens (tertiary/aromatic N) is 1. The lowest BCUT2D eigenvalue weighted by atomic mass is 10.5. The third-order valence-corrected chi connectivity index (χ3v) is 0.758. The van der Waals surface area contributed by atoms with Crippen LogP contribution in [0.25, 0.3) is 0 Å². The number of hydrogen-bond donors (Lipinski definition) is 2. The van der Waals surface area contributed by atoms with Crippen molar-refractivity contribution in [3.8, 4) is 0 Å². The molecule has 0 fully saturated rings. The van der Waals surface area contributed by atoms with E-state index in [1.54, 1.807) is 19.5 Å². The van der Waals surface area contributed by atoms with Crippen LogP contribution in [0.4, 0.5) is 0 Å². The predicted octanol–water partition coefficient (Wildman–Crippen LogP) is 0.662. The second-order valence-electron chi connectivity index (χ2n) is 1.57. The molecule has 0 aliphatic rings. The lowest BCUT2D eigenvalue weighted by Gasteiger charge is -1.94. The molecule has 2 N–H and O–H groups in total. The third kappa shape index (κ3) is 5.03. The number of aliphatic imine (C=N–C) groups is 1. The molecular weight excluding hydrogens is 114 g/mol. The van der Waals surface area contributed by atoms with E-state index in [4.69, 9.17) is 0 Å². The van der Waals surface area contributed by atoms with Gasteiger partial charge in [0, 0.05) is 19.5 Å². The third-order valence-electron chi connectivity index (χ3n) is 0.758. The fourth-order valence-corrected chi connectivity index (χ4v) is 0.418. The monoisotopic (exact) mass is 127 g/mol. The van der Waals surface area contributed by atoms with Crippen LogP contribution in [0.1, 0.15) is 13.8 Å². The molecule has 0 heterocycles. The van der Waals surface area contributed by atoms with E-state index in [0.717, 1.165) is 5.70 Å². The first-order valence-corrected chi connectivity index (χ1v) is 2.89. The molecule has 3 nitrogen and oxygen atoms in total. The van der Waals surface area contributed by atoms with E-state index in [9.17, 15) is 0 Å². The van der Waals surface area contributed by atoms with Gasteiger partial charge in [-0.1, -0.05) is 0 Å². The highest BCUT2D eigenvalue weighted by atomic mass is 15.3. The van der Waals surface area contributed by atoms with Gasteiger partial charge in [-0.15, -0.1) is 0 Å². The fourth-order valence-electron chi connectivity index (χ4n) is 0.418. The molecule has 0 rings (SSSR count). The van der Waals surface area contributed by atoms with Crippen LogP contribution >= 0.6 is 0 Å². The molecule has 0 aromatic carbocycles. The Morgan fingerprint density at radius 2 is 2.22 bits per heavy atom. The Labute approximate surface area is 55.8 Å². The minimum atomic E-state index is 0.951. The highest BCUT2D eigenvalue weighted by Gasteiger charge is 1.76.